The summed E-state index contributed by atoms with van der Waals surface area (Å²) in [5.74, 6) is -1.03. The number of anilines is 1. The topological polar surface area (TPSA) is 112 Å². The van der Waals surface area contributed by atoms with Gasteiger partial charge in [0.1, 0.15) is 0 Å². The normalized spacial score (nSPS) is 12.4. The van der Waals surface area contributed by atoms with Crippen molar-refractivity contribution in [1.82, 2.24) is 10.2 Å². The van der Waals surface area contributed by atoms with Gasteiger partial charge in [-0.3, -0.25) is 14.6 Å². The van der Waals surface area contributed by atoms with Crippen molar-refractivity contribution in [2.45, 2.75) is 39.0 Å². The maximum atomic E-state index is 11.7. The zero-order chi connectivity index (χ0) is 14.7. The van der Waals surface area contributed by atoms with E-state index in [0.717, 1.165) is 5.69 Å². The van der Waals surface area contributed by atoms with Crippen LogP contribution < -0.4 is 4.72 Å². The highest BCUT2D eigenvalue weighted by atomic mass is 32.2. The molecule has 0 fully saturated rings. The summed E-state index contributed by atoms with van der Waals surface area (Å²) >= 11 is 0. The summed E-state index contributed by atoms with van der Waals surface area (Å²) in [6.07, 6.45) is -0.101. The van der Waals surface area contributed by atoms with E-state index in [1.54, 1.807) is 6.07 Å². The van der Waals surface area contributed by atoms with Crippen molar-refractivity contribution in [2.24, 2.45) is 0 Å². The van der Waals surface area contributed by atoms with E-state index in [9.17, 15) is 13.2 Å². The van der Waals surface area contributed by atoms with Gasteiger partial charge < -0.3 is 5.11 Å². The summed E-state index contributed by atoms with van der Waals surface area (Å²) < 4.78 is 25.7. The molecule has 0 saturated heterocycles. The summed E-state index contributed by atoms with van der Waals surface area (Å²) in [5, 5.41) is 15.1. The van der Waals surface area contributed by atoms with Gasteiger partial charge in [0, 0.05) is 23.6 Å². The SMILES string of the molecule is CC(C)(C)c1cc(NS(=O)(=O)CCCC(=O)O)n[nH]1. The molecule has 0 aliphatic heterocycles. The molecule has 1 aromatic rings. The number of carboxylic acids is 1. The number of hydrogen-bond acceptors (Lipinski definition) is 4. The minimum Gasteiger partial charge on any atom is -0.481 e. The van der Waals surface area contributed by atoms with Crippen molar-refractivity contribution >= 4 is 21.8 Å². The highest BCUT2D eigenvalue weighted by molar-refractivity contribution is 7.92. The van der Waals surface area contributed by atoms with Gasteiger partial charge in [-0.05, 0) is 6.42 Å². The van der Waals surface area contributed by atoms with Crippen LogP contribution in [0.5, 0.6) is 0 Å². The second kappa shape index (κ2) is 5.60. The fraction of sp³-hybridized carbons (Fsp3) is 0.636. The van der Waals surface area contributed by atoms with E-state index in [4.69, 9.17) is 5.11 Å². The van der Waals surface area contributed by atoms with Crippen LogP contribution in [0.15, 0.2) is 6.07 Å². The summed E-state index contributed by atoms with van der Waals surface area (Å²) in [5.41, 5.74) is 0.663. The Morgan fingerprint density at radius 3 is 2.58 bits per heavy atom. The maximum Gasteiger partial charge on any atom is 0.303 e. The lowest BCUT2D eigenvalue weighted by Crippen LogP contribution is -2.17. The van der Waals surface area contributed by atoms with Crippen LogP contribution in [0.25, 0.3) is 0 Å². The maximum absolute atomic E-state index is 11.7. The predicted octanol–water partition coefficient (Wildman–Crippen LogP) is 1.31. The van der Waals surface area contributed by atoms with Gasteiger partial charge >= 0.3 is 5.97 Å². The second-order valence-electron chi connectivity index (χ2n) is 5.34. The lowest BCUT2D eigenvalue weighted by atomic mass is 9.92. The van der Waals surface area contributed by atoms with Gasteiger partial charge in [0.05, 0.1) is 5.75 Å². The molecule has 19 heavy (non-hydrogen) atoms. The van der Waals surface area contributed by atoms with Gasteiger partial charge in [0.25, 0.3) is 0 Å². The van der Waals surface area contributed by atoms with Crippen molar-refractivity contribution in [3.05, 3.63) is 11.8 Å². The Kier molecular flexibility index (Phi) is 4.56. The van der Waals surface area contributed by atoms with E-state index in [0.29, 0.717) is 0 Å². The molecule has 8 heteroatoms. The Morgan fingerprint density at radius 1 is 1.47 bits per heavy atom. The Hall–Kier alpha value is -1.57. The van der Waals surface area contributed by atoms with Crippen molar-refractivity contribution in [3.63, 3.8) is 0 Å². The molecule has 0 bridgehead atoms. The monoisotopic (exact) mass is 289 g/mol. The Bertz CT molecular complexity index is 543. The molecule has 7 nitrogen and oxygen atoms in total. The predicted molar refractivity (Wildman–Crippen MR) is 71.6 cm³/mol. The fourth-order valence-electron chi connectivity index (χ4n) is 1.38. The number of nitrogens with one attached hydrogen (secondary N) is 2. The molecule has 108 valence electrons. The first-order valence-corrected chi connectivity index (χ1v) is 7.53. The number of carbonyl (C=O) groups is 1. The lowest BCUT2D eigenvalue weighted by Gasteiger charge is -2.14. The second-order valence-corrected chi connectivity index (χ2v) is 7.18. The number of H-pyrrole nitrogens is 1. The van der Waals surface area contributed by atoms with Crippen LogP contribution in [0.1, 0.15) is 39.3 Å². The lowest BCUT2D eigenvalue weighted by molar-refractivity contribution is -0.137. The van der Waals surface area contributed by atoms with E-state index in [1.807, 2.05) is 20.8 Å². The summed E-state index contributed by atoms with van der Waals surface area (Å²) in [4.78, 5) is 10.3. The molecule has 0 aromatic carbocycles. The average molecular weight is 289 g/mol. The van der Waals surface area contributed by atoms with Gasteiger partial charge in [-0.1, -0.05) is 20.8 Å². The first-order chi connectivity index (χ1) is 8.60. The largest absolute Gasteiger partial charge is 0.481 e. The van der Waals surface area contributed by atoms with Crippen LogP contribution in [0.4, 0.5) is 5.82 Å². The van der Waals surface area contributed by atoms with Crippen LogP contribution in [0, 0.1) is 0 Å². The van der Waals surface area contributed by atoms with Crippen LogP contribution in [0.2, 0.25) is 0 Å². The molecule has 1 rings (SSSR count). The fourth-order valence-corrected chi connectivity index (χ4v) is 2.43. The summed E-state index contributed by atoms with van der Waals surface area (Å²) in [6.45, 7) is 5.93. The third-order valence-corrected chi connectivity index (χ3v) is 3.80. The molecule has 0 unspecified atom stereocenters. The van der Waals surface area contributed by atoms with Gasteiger partial charge in [-0.25, -0.2) is 8.42 Å². The molecule has 0 atom stereocenters. The number of rotatable bonds is 6. The molecule has 0 saturated carbocycles. The van der Waals surface area contributed by atoms with Crippen molar-refractivity contribution in [2.75, 3.05) is 10.5 Å². The zero-order valence-corrected chi connectivity index (χ0v) is 12.0. The molecule has 3 N–H and O–H groups in total. The minimum absolute atomic E-state index is 0.0707. The van der Waals surface area contributed by atoms with Crippen LogP contribution in [0.3, 0.4) is 0 Å². The van der Waals surface area contributed by atoms with Gasteiger partial charge in [-0.15, -0.1) is 0 Å². The van der Waals surface area contributed by atoms with Gasteiger partial charge in [0.15, 0.2) is 5.82 Å². The number of hydrogen-bond donors (Lipinski definition) is 3. The molecular formula is C11H19N3O4S. The molecule has 0 aliphatic carbocycles. The van der Waals surface area contributed by atoms with Crippen LogP contribution in [-0.4, -0.2) is 35.4 Å². The summed E-state index contributed by atoms with van der Waals surface area (Å²) in [7, 11) is -3.56. The zero-order valence-electron chi connectivity index (χ0n) is 11.2. The Morgan fingerprint density at radius 2 is 2.11 bits per heavy atom. The minimum atomic E-state index is -3.56. The number of aliphatic carboxylic acids is 1. The quantitative estimate of drug-likeness (QED) is 0.731. The van der Waals surface area contributed by atoms with Crippen molar-refractivity contribution < 1.29 is 18.3 Å². The van der Waals surface area contributed by atoms with E-state index in [-0.39, 0.29) is 29.8 Å². The molecule has 0 aliphatic rings. The number of aromatic nitrogens is 2. The highest BCUT2D eigenvalue weighted by Crippen LogP contribution is 2.22. The van der Waals surface area contributed by atoms with Gasteiger partial charge in [-0.2, -0.15) is 5.10 Å². The van der Waals surface area contributed by atoms with E-state index in [2.05, 4.69) is 14.9 Å². The standard InChI is InChI=1S/C11H19N3O4S/c1-11(2,3)8-7-9(13-12-8)14-19(17,18)6-4-5-10(15)16/h7H,4-6H2,1-3H3,(H,15,16)(H2,12,13,14). The Balaban J connectivity index is 2.63. The molecule has 0 amide bonds. The first kappa shape index (κ1) is 15.5. The third-order valence-electron chi connectivity index (χ3n) is 2.45. The molecule has 1 heterocycles. The van der Waals surface area contributed by atoms with E-state index in [1.165, 1.54) is 0 Å². The van der Waals surface area contributed by atoms with E-state index < -0.39 is 16.0 Å². The Labute approximate surface area is 112 Å². The number of aromatic amines is 1. The molecular weight excluding hydrogens is 270 g/mol. The number of sulfonamides is 1. The average Bonchev–Trinajstić information content (AvgIpc) is 2.63. The smallest absolute Gasteiger partial charge is 0.303 e. The van der Waals surface area contributed by atoms with Gasteiger partial charge in [0.2, 0.25) is 10.0 Å². The molecule has 0 radical (unpaired) electrons. The molecule has 0 spiro atoms. The van der Waals surface area contributed by atoms with Crippen LogP contribution >= 0.6 is 0 Å². The molecule has 1 aromatic heterocycles. The van der Waals surface area contributed by atoms with Crippen molar-refractivity contribution in [1.29, 1.82) is 0 Å². The highest BCUT2D eigenvalue weighted by Gasteiger charge is 2.19. The number of nitrogens with zero attached hydrogens (tertiary/aromatic N) is 1. The number of carboxylic acid groups (broad SMARTS) is 1. The van der Waals surface area contributed by atoms with Crippen LogP contribution in [-0.2, 0) is 20.2 Å². The van der Waals surface area contributed by atoms with E-state index >= 15 is 0 Å². The third kappa shape index (κ3) is 5.29. The first-order valence-electron chi connectivity index (χ1n) is 5.88. The van der Waals surface area contributed by atoms with Crippen molar-refractivity contribution in [3.8, 4) is 0 Å². The summed E-state index contributed by atoms with van der Waals surface area (Å²) in [6, 6.07) is 1.63.